The number of carboxylic acids is 1. The number of nitrogens with zero attached hydrogens (tertiary/aromatic N) is 2. The van der Waals surface area contributed by atoms with E-state index in [1.807, 2.05) is 54.7 Å². The van der Waals surface area contributed by atoms with Crippen LogP contribution in [-0.2, 0) is 11.3 Å². The van der Waals surface area contributed by atoms with Crippen LogP contribution >= 0.6 is 11.9 Å². The number of likely N-dealkylation sites (N-methyl/N-ethyl adjacent to an activating group) is 1. The highest BCUT2D eigenvalue weighted by Crippen LogP contribution is 2.29. The summed E-state index contributed by atoms with van der Waals surface area (Å²) in [6.07, 6.45) is 2.23. The normalized spacial score (nSPS) is 14.0. The molecule has 1 fully saturated rings. The number of aromatic hydroxyl groups is 1. The Hall–Kier alpha value is -3.33. The van der Waals surface area contributed by atoms with E-state index >= 15 is 0 Å². The van der Waals surface area contributed by atoms with E-state index in [1.165, 1.54) is 35.2 Å². The lowest BCUT2D eigenvalue weighted by Gasteiger charge is -2.26. The van der Waals surface area contributed by atoms with E-state index in [9.17, 15) is 19.8 Å². The number of anilines is 1. The van der Waals surface area contributed by atoms with Gasteiger partial charge >= 0.3 is 5.97 Å². The average Bonchev–Trinajstić information content (AvgIpc) is 2.89. The topological polar surface area (TPSA) is 93.1 Å². The number of carbonyl (C=O) groups excluding carboxylic acids is 1. The Morgan fingerprint density at radius 2 is 1.68 bits per heavy atom. The maximum atomic E-state index is 13.5. The summed E-state index contributed by atoms with van der Waals surface area (Å²) in [5.74, 6) is -1.20. The van der Waals surface area contributed by atoms with Crippen LogP contribution in [0.3, 0.4) is 0 Å². The first kappa shape index (κ1) is 26.7. The van der Waals surface area contributed by atoms with E-state index in [1.54, 1.807) is 11.0 Å². The minimum absolute atomic E-state index is 0.132. The molecule has 3 N–H and O–H groups in total. The van der Waals surface area contributed by atoms with E-state index in [-0.39, 0.29) is 23.8 Å². The lowest BCUT2D eigenvalue weighted by molar-refractivity contribution is -0.118. The van der Waals surface area contributed by atoms with Gasteiger partial charge in [-0.15, -0.1) is 0 Å². The quantitative estimate of drug-likeness (QED) is 0.341. The lowest BCUT2D eigenvalue weighted by Crippen LogP contribution is -2.37. The molecule has 0 aliphatic carbocycles. The standard InChI is InChI=1S/C29H33N3O4S/c1-20-3-10-25(11-4-20)37-31(2)19-28(34)32(24-9-12-26(29(35)36)27(33)17-24)18-21-5-7-22(8-6-21)23-13-15-30-16-14-23/h3-12,17,23,30,33H,13-16,18-19H2,1-2H3,(H,35,36). The predicted molar refractivity (Wildman–Crippen MR) is 147 cm³/mol. The molecule has 1 amide bonds. The van der Waals surface area contributed by atoms with Crippen LogP contribution < -0.4 is 10.2 Å². The van der Waals surface area contributed by atoms with Gasteiger partial charge in [-0.1, -0.05) is 42.0 Å². The summed E-state index contributed by atoms with van der Waals surface area (Å²) >= 11 is 1.48. The summed E-state index contributed by atoms with van der Waals surface area (Å²) in [6, 6.07) is 20.7. The molecule has 1 aliphatic rings. The molecule has 194 valence electrons. The molecular weight excluding hydrogens is 486 g/mol. The summed E-state index contributed by atoms with van der Waals surface area (Å²) in [5, 5.41) is 23.0. The Morgan fingerprint density at radius 1 is 1.00 bits per heavy atom. The monoisotopic (exact) mass is 519 g/mol. The molecule has 1 aliphatic heterocycles. The smallest absolute Gasteiger partial charge is 0.339 e. The second-order valence-corrected chi connectivity index (χ2v) is 10.7. The first-order valence-electron chi connectivity index (χ1n) is 12.4. The number of aromatic carboxylic acids is 1. The van der Waals surface area contributed by atoms with Gasteiger partial charge in [0.05, 0.1) is 13.1 Å². The van der Waals surface area contributed by atoms with Gasteiger partial charge in [0.25, 0.3) is 0 Å². The maximum absolute atomic E-state index is 13.5. The van der Waals surface area contributed by atoms with Crippen LogP contribution in [-0.4, -0.2) is 53.1 Å². The van der Waals surface area contributed by atoms with Gasteiger partial charge in [0.2, 0.25) is 5.91 Å². The first-order chi connectivity index (χ1) is 17.8. The zero-order chi connectivity index (χ0) is 26.4. The highest BCUT2D eigenvalue weighted by molar-refractivity contribution is 7.97. The zero-order valence-corrected chi connectivity index (χ0v) is 22.0. The fourth-order valence-electron chi connectivity index (χ4n) is 4.51. The third-order valence-electron chi connectivity index (χ3n) is 6.60. The number of aryl methyl sites for hydroxylation is 1. The Bertz CT molecular complexity index is 1220. The molecule has 37 heavy (non-hydrogen) atoms. The van der Waals surface area contributed by atoms with Gasteiger partial charge in [-0.3, -0.25) is 4.79 Å². The number of phenols is 1. The number of amides is 1. The Labute approximate surface area is 222 Å². The summed E-state index contributed by atoms with van der Waals surface area (Å²) in [5.41, 5.74) is 3.69. The fourth-order valence-corrected chi connectivity index (χ4v) is 5.31. The Morgan fingerprint density at radius 3 is 2.30 bits per heavy atom. The van der Waals surface area contributed by atoms with E-state index in [4.69, 9.17) is 0 Å². The van der Waals surface area contributed by atoms with E-state index in [0.29, 0.717) is 18.2 Å². The molecule has 8 heteroatoms. The van der Waals surface area contributed by atoms with E-state index in [0.717, 1.165) is 36.4 Å². The summed E-state index contributed by atoms with van der Waals surface area (Å²) < 4.78 is 1.87. The van der Waals surface area contributed by atoms with Crippen molar-refractivity contribution in [2.24, 2.45) is 0 Å². The molecule has 0 saturated carbocycles. The molecule has 3 aromatic carbocycles. The Kier molecular flexibility index (Phi) is 8.87. The van der Waals surface area contributed by atoms with Crippen LogP contribution in [0.4, 0.5) is 5.69 Å². The average molecular weight is 520 g/mol. The second kappa shape index (κ2) is 12.3. The van der Waals surface area contributed by atoms with E-state index in [2.05, 4.69) is 17.4 Å². The second-order valence-electron chi connectivity index (χ2n) is 9.44. The minimum Gasteiger partial charge on any atom is -0.507 e. The number of nitrogens with one attached hydrogen (secondary N) is 1. The van der Waals surface area contributed by atoms with Crippen molar-refractivity contribution in [3.05, 3.63) is 89.0 Å². The molecule has 0 atom stereocenters. The number of piperidine rings is 1. The number of rotatable bonds is 9. The van der Waals surface area contributed by atoms with Gasteiger partial charge in [0.15, 0.2) is 0 Å². The van der Waals surface area contributed by atoms with Crippen molar-refractivity contribution in [1.82, 2.24) is 9.62 Å². The number of benzene rings is 3. The van der Waals surface area contributed by atoms with Crippen LogP contribution in [0.1, 0.15) is 45.8 Å². The van der Waals surface area contributed by atoms with Crippen molar-refractivity contribution in [2.75, 3.05) is 31.6 Å². The Balaban J connectivity index is 1.53. The van der Waals surface area contributed by atoms with Gasteiger partial charge in [-0.05, 0) is 93.2 Å². The summed E-state index contributed by atoms with van der Waals surface area (Å²) in [4.78, 5) is 27.5. The summed E-state index contributed by atoms with van der Waals surface area (Å²) in [6.45, 7) is 4.52. The number of carboxylic acid groups (broad SMARTS) is 1. The fraction of sp³-hybridized carbons (Fsp3) is 0.310. The summed E-state index contributed by atoms with van der Waals surface area (Å²) in [7, 11) is 1.86. The van der Waals surface area contributed by atoms with Crippen LogP contribution in [0.2, 0.25) is 0 Å². The van der Waals surface area contributed by atoms with Gasteiger partial charge in [0.1, 0.15) is 11.3 Å². The molecule has 0 radical (unpaired) electrons. The molecule has 0 bridgehead atoms. The number of hydrogen-bond acceptors (Lipinski definition) is 6. The van der Waals surface area contributed by atoms with E-state index < -0.39 is 5.97 Å². The van der Waals surface area contributed by atoms with Crippen LogP contribution in [0.25, 0.3) is 0 Å². The largest absolute Gasteiger partial charge is 0.507 e. The molecule has 1 saturated heterocycles. The predicted octanol–water partition coefficient (Wildman–Crippen LogP) is 5.04. The third-order valence-corrected chi connectivity index (χ3v) is 7.52. The maximum Gasteiger partial charge on any atom is 0.339 e. The van der Waals surface area contributed by atoms with Crippen molar-refractivity contribution in [1.29, 1.82) is 0 Å². The van der Waals surface area contributed by atoms with Gasteiger partial charge < -0.3 is 20.4 Å². The SMILES string of the molecule is Cc1ccc(SN(C)CC(=O)N(Cc2ccc(C3CCNCC3)cc2)c2ccc(C(=O)O)c(O)c2)cc1. The third kappa shape index (κ3) is 7.13. The van der Waals surface area contributed by atoms with Crippen LogP contribution in [0.5, 0.6) is 5.75 Å². The molecule has 0 spiro atoms. The first-order valence-corrected chi connectivity index (χ1v) is 13.2. The van der Waals surface area contributed by atoms with Crippen LogP contribution in [0.15, 0.2) is 71.6 Å². The van der Waals surface area contributed by atoms with Crippen molar-refractivity contribution in [2.45, 2.75) is 37.1 Å². The highest BCUT2D eigenvalue weighted by atomic mass is 32.2. The molecule has 0 unspecified atom stereocenters. The lowest BCUT2D eigenvalue weighted by atomic mass is 9.90. The molecule has 0 aromatic heterocycles. The molecule has 4 rings (SSSR count). The number of carbonyl (C=O) groups is 2. The zero-order valence-electron chi connectivity index (χ0n) is 21.2. The molecule has 3 aromatic rings. The number of hydrogen-bond donors (Lipinski definition) is 3. The van der Waals surface area contributed by atoms with Gasteiger partial charge in [0, 0.05) is 16.6 Å². The van der Waals surface area contributed by atoms with Crippen molar-refractivity contribution >= 4 is 29.5 Å². The molecule has 1 heterocycles. The molecular formula is C29H33N3O4S. The molecule has 7 nitrogen and oxygen atoms in total. The van der Waals surface area contributed by atoms with Gasteiger partial charge in [-0.25, -0.2) is 9.10 Å². The highest BCUT2D eigenvalue weighted by Gasteiger charge is 2.22. The van der Waals surface area contributed by atoms with Crippen molar-refractivity contribution < 1.29 is 19.8 Å². The van der Waals surface area contributed by atoms with Gasteiger partial charge in [-0.2, -0.15) is 0 Å². The minimum atomic E-state index is -1.22. The van der Waals surface area contributed by atoms with Crippen LogP contribution in [0, 0.1) is 6.92 Å². The van der Waals surface area contributed by atoms with Crippen molar-refractivity contribution in [3.8, 4) is 5.75 Å². The van der Waals surface area contributed by atoms with Crippen molar-refractivity contribution in [3.63, 3.8) is 0 Å².